The fourth-order valence-corrected chi connectivity index (χ4v) is 8.00. The van der Waals surface area contributed by atoms with Gasteiger partial charge in [0.1, 0.15) is 17.8 Å². The Morgan fingerprint density at radius 2 is 2.00 bits per heavy atom. The Labute approximate surface area is 195 Å². The van der Waals surface area contributed by atoms with Gasteiger partial charge in [-0.25, -0.2) is 13.2 Å². The quantitative estimate of drug-likeness (QED) is 0.604. The number of rotatable bonds is 4. The Hall–Kier alpha value is -1.61. The van der Waals surface area contributed by atoms with Crippen molar-refractivity contribution in [1.29, 1.82) is 0 Å². The van der Waals surface area contributed by atoms with Crippen molar-refractivity contribution in [2.75, 3.05) is 6.01 Å². The highest BCUT2D eigenvalue weighted by atomic mass is 32.2. The number of halogens is 3. The van der Waals surface area contributed by atoms with Gasteiger partial charge in [-0.2, -0.15) is 0 Å². The number of hydrogen-bond donors (Lipinski definition) is 1. The van der Waals surface area contributed by atoms with Crippen molar-refractivity contribution in [3.8, 4) is 0 Å². The summed E-state index contributed by atoms with van der Waals surface area (Å²) in [4.78, 5) is 37.5. The van der Waals surface area contributed by atoms with Crippen LogP contribution in [0.5, 0.6) is 0 Å². The van der Waals surface area contributed by atoms with Gasteiger partial charge in [-0.1, -0.05) is 26.8 Å². The van der Waals surface area contributed by atoms with Gasteiger partial charge < -0.3 is 9.84 Å². The Bertz CT molecular complexity index is 937. The minimum Gasteiger partial charge on any atom is -0.449 e. The lowest BCUT2D eigenvalue weighted by Gasteiger charge is -2.60. The van der Waals surface area contributed by atoms with E-state index in [9.17, 15) is 23.9 Å². The Morgan fingerprint density at radius 1 is 1.30 bits per heavy atom. The number of thioether (sulfide) groups is 1. The summed E-state index contributed by atoms with van der Waals surface area (Å²) < 4.78 is 51.1. The number of fused-ring (bicyclic) bond motifs is 5. The van der Waals surface area contributed by atoms with Crippen molar-refractivity contribution in [2.45, 2.75) is 70.0 Å². The molecule has 4 aliphatic rings. The maximum Gasteiger partial charge on any atom is 0.306 e. The smallest absolute Gasteiger partial charge is 0.306 e. The van der Waals surface area contributed by atoms with E-state index in [0.717, 1.165) is 6.08 Å². The topological polar surface area (TPSA) is 80.7 Å². The number of aliphatic hydroxyl groups is 1. The number of hydrogen-bond acceptors (Lipinski definition) is 6. The second kappa shape index (κ2) is 8.26. The number of esters is 1. The van der Waals surface area contributed by atoms with Crippen LogP contribution >= 0.6 is 11.8 Å². The molecule has 0 aromatic heterocycles. The third-order valence-corrected chi connectivity index (χ3v) is 9.30. The third-order valence-electron chi connectivity index (χ3n) is 8.62. The van der Waals surface area contributed by atoms with E-state index in [1.165, 1.54) is 12.2 Å². The summed E-state index contributed by atoms with van der Waals surface area (Å²) in [6.45, 7) is 4.95. The monoisotopic (exact) mass is 486 g/mol. The molecule has 0 heterocycles. The van der Waals surface area contributed by atoms with Crippen LogP contribution in [-0.2, 0) is 19.1 Å². The molecule has 33 heavy (non-hydrogen) atoms. The highest BCUT2D eigenvalue weighted by Crippen LogP contribution is 2.69. The molecule has 9 atom stereocenters. The second-order valence-electron chi connectivity index (χ2n) is 10.0. The van der Waals surface area contributed by atoms with Crippen LogP contribution in [0.15, 0.2) is 23.8 Å². The van der Waals surface area contributed by atoms with Crippen LogP contribution in [0, 0.1) is 29.1 Å². The fraction of sp³-hybridized carbons (Fsp3) is 0.708. The lowest BCUT2D eigenvalue weighted by atomic mass is 9.48. The third kappa shape index (κ3) is 3.21. The summed E-state index contributed by atoms with van der Waals surface area (Å²) in [5.74, 6) is -4.32. The first-order chi connectivity index (χ1) is 15.5. The van der Waals surface area contributed by atoms with E-state index in [-0.39, 0.29) is 31.3 Å². The van der Waals surface area contributed by atoms with E-state index in [4.69, 9.17) is 4.74 Å². The van der Waals surface area contributed by atoms with Crippen LogP contribution in [0.2, 0.25) is 0 Å². The molecular weight excluding hydrogens is 457 g/mol. The van der Waals surface area contributed by atoms with Gasteiger partial charge in [-0.3, -0.25) is 14.4 Å². The van der Waals surface area contributed by atoms with Gasteiger partial charge in [0.05, 0.1) is 6.10 Å². The van der Waals surface area contributed by atoms with Crippen molar-refractivity contribution in [2.24, 2.45) is 29.1 Å². The largest absolute Gasteiger partial charge is 0.449 e. The van der Waals surface area contributed by atoms with Crippen molar-refractivity contribution < 1.29 is 37.4 Å². The van der Waals surface area contributed by atoms with Crippen LogP contribution in [0.1, 0.15) is 46.5 Å². The molecular formula is C24H29F3O5S. The summed E-state index contributed by atoms with van der Waals surface area (Å²) in [6, 6.07) is -1.02. The van der Waals surface area contributed by atoms with E-state index in [1.54, 1.807) is 20.8 Å². The van der Waals surface area contributed by atoms with E-state index in [1.807, 2.05) is 0 Å². The molecule has 0 amide bonds. The zero-order valence-electron chi connectivity index (χ0n) is 18.9. The lowest BCUT2D eigenvalue weighted by Crippen LogP contribution is -2.68. The Kier molecular flexibility index (Phi) is 6.13. The Morgan fingerprint density at radius 3 is 2.64 bits per heavy atom. The number of carbonyl (C=O) groups is 3. The molecule has 0 bridgehead atoms. The normalized spacial score (nSPS) is 46.2. The van der Waals surface area contributed by atoms with Crippen molar-refractivity contribution in [3.63, 3.8) is 0 Å². The summed E-state index contributed by atoms with van der Waals surface area (Å²) in [5, 5.41) is 10.5. The first-order valence-corrected chi connectivity index (χ1v) is 12.4. The molecule has 182 valence electrons. The summed E-state index contributed by atoms with van der Waals surface area (Å²) >= 11 is 0.397. The van der Waals surface area contributed by atoms with Gasteiger partial charge in [0.25, 0.3) is 0 Å². The number of alkyl halides is 3. The van der Waals surface area contributed by atoms with Crippen LogP contribution in [0.3, 0.4) is 0 Å². The summed E-state index contributed by atoms with van der Waals surface area (Å²) in [7, 11) is 0. The molecule has 0 aliphatic heterocycles. The molecule has 0 aromatic rings. The lowest BCUT2D eigenvalue weighted by molar-refractivity contribution is -0.217. The first-order valence-electron chi connectivity index (χ1n) is 11.4. The van der Waals surface area contributed by atoms with Crippen molar-refractivity contribution in [3.05, 3.63) is 23.8 Å². The van der Waals surface area contributed by atoms with E-state index in [2.05, 4.69) is 0 Å². The minimum atomic E-state index is -2.24. The molecule has 9 heteroatoms. The van der Waals surface area contributed by atoms with E-state index < -0.39 is 75.5 Å². The summed E-state index contributed by atoms with van der Waals surface area (Å²) in [5.41, 5.74) is -5.19. The van der Waals surface area contributed by atoms with Gasteiger partial charge >= 0.3 is 5.97 Å². The molecule has 4 rings (SSSR count). The number of aliphatic hydroxyl groups excluding tert-OH is 1. The maximum absolute atomic E-state index is 16.8. The van der Waals surface area contributed by atoms with Crippen LogP contribution in [-0.4, -0.2) is 51.5 Å². The molecule has 3 fully saturated rings. The average Bonchev–Trinajstić information content (AvgIpc) is 2.97. The van der Waals surface area contributed by atoms with Gasteiger partial charge in [-0.15, -0.1) is 0 Å². The molecule has 0 spiro atoms. The molecule has 4 aliphatic carbocycles. The van der Waals surface area contributed by atoms with Crippen LogP contribution in [0.4, 0.5) is 13.2 Å². The van der Waals surface area contributed by atoms with Gasteiger partial charge in [-0.05, 0) is 54.7 Å². The highest BCUT2D eigenvalue weighted by molar-refractivity contribution is 8.13. The van der Waals surface area contributed by atoms with E-state index in [0.29, 0.717) is 11.8 Å². The predicted octanol–water partition coefficient (Wildman–Crippen LogP) is 4.04. The standard InChI is InChI=1S/C24H29F3O5S/c1-4-20(30)32-24(21(31)33-11-25)12(2)7-16-17-9-18(26)14-8-13(28)5-6-15(14)23(17,27)19(29)10-22(16,24)3/h5-6,8,12,15-19,29H,4,7,9-11H2,1-3H3/t12-,15?,16?,17?,18+,19+,22+,23+,24+/m1/s1. The van der Waals surface area contributed by atoms with Crippen LogP contribution < -0.4 is 0 Å². The van der Waals surface area contributed by atoms with Crippen molar-refractivity contribution in [1.82, 2.24) is 0 Å². The van der Waals surface area contributed by atoms with Crippen molar-refractivity contribution >= 4 is 28.6 Å². The molecule has 3 unspecified atom stereocenters. The molecule has 1 N–H and O–H groups in total. The molecule has 0 radical (unpaired) electrons. The fourth-order valence-electron chi connectivity index (χ4n) is 7.21. The minimum absolute atomic E-state index is 0.0105. The number of allylic oxidation sites excluding steroid dienone is 4. The van der Waals surface area contributed by atoms with Gasteiger partial charge in [0.2, 0.25) is 5.12 Å². The average molecular weight is 487 g/mol. The highest BCUT2D eigenvalue weighted by Gasteiger charge is 2.76. The summed E-state index contributed by atoms with van der Waals surface area (Å²) in [6.07, 6.45) is 0.229. The molecule has 0 aromatic carbocycles. The number of ketones is 1. The van der Waals surface area contributed by atoms with Gasteiger partial charge in [0.15, 0.2) is 11.4 Å². The second-order valence-corrected chi connectivity index (χ2v) is 10.9. The predicted molar refractivity (Wildman–Crippen MR) is 116 cm³/mol. The SMILES string of the molecule is CCC(=O)O[C@]1(C(=O)SCF)[C@H](C)CC2C3C[C@H](F)C4=CC(=O)C=CC4[C@@]3(F)[C@@H](O)C[C@@]21C. The number of ether oxygens (including phenoxy) is 1. The molecule has 5 nitrogen and oxygen atoms in total. The molecule has 3 saturated carbocycles. The number of carbonyl (C=O) groups excluding carboxylic acids is 3. The van der Waals surface area contributed by atoms with Gasteiger partial charge in [0, 0.05) is 29.6 Å². The zero-order valence-corrected chi connectivity index (χ0v) is 19.7. The Balaban J connectivity index is 1.83. The molecule has 0 saturated heterocycles. The maximum atomic E-state index is 16.8. The van der Waals surface area contributed by atoms with Crippen LogP contribution in [0.25, 0.3) is 0 Å². The van der Waals surface area contributed by atoms with E-state index >= 15 is 8.78 Å². The zero-order chi connectivity index (χ0) is 24.3. The first kappa shape index (κ1) is 24.5.